The van der Waals surface area contributed by atoms with Crippen LogP contribution in [0.4, 0.5) is 0 Å². The van der Waals surface area contributed by atoms with E-state index in [4.69, 9.17) is 4.74 Å². The summed E-state index contributed by atoms with van der Waals surface area (Å²) in [5.41, 5.74) is 1.74. The number of rotatable bonds is 2. The second-order valence-corrected chi connectivity index (χ2v) is 3.10. The average Bonchev–Trinajstić information content (AvgIpc) is 2.83. The molecule has 0 aliphatic heterocycles. The van der Waals surface area contributed by atoms with Gasteiger partial charge >= 0.3 is 5.97 Å². The normalized spacial score (nSPS) is 19.2. The minimum atomic E-state index is -0.251. The van der Waals surface area contributed by atoms with E-state index in [-0.39, 0.29) is 12.1 Å². The molecule has 1 aromatic carbocycles. The Morgan fingerprint density at radius 2 is 1.92 bits per heavy atom. The molecule has 66 valence electrons. The molecule has 0 amide bonds. The van der Waals surface area contributed by atoms with E-state index in [1.165, 1.54) is 0 Å². The Hall–Kier alpha value is -1.57. The Morgan fingerprint density at radius 3 is 2.46 bits per heavy atom. The topological polar surface area (TPSA) is 26.3 Å². The fourth-order valence-electron chi connectivity index (χ4n) is 1.08. The first kappa shape index (κ1) is 8.05. The summed E-state index contributed by atoms with van der Waals surface area (Å²) in [6.07, 6.45) is 1.87. The molecule has 0 aromatic heterocycles. The number of benzene rings is 1. The maximum atomic E-state index is 11.4. The zero-order chi connectivity index (χ0) is 9.26. The van der Waals surface area contributed by atoms with Crippen LogP contribution in [-0.2, 0) is 4.74 Å². The van der Waals surface area contributed by atoms with E-state index in [1.807, 2.05) is 31.2 Å². The molecule has 2 rings (SSSR count). The lowest BCUT2D eigenvalue weighted by atomic mass is 10.2. The highest BCUT2D eigenvalue weighted by Crippen LogP contribution is 2.23. The van der Waals surface area contributed by atoms with Crippen LogP contribution >= 0.6 is 0 Å². The van der Waals surface area contributed by atoms with Gasteiger partial charge < -0.3 is 4.74 Å². The summed E-state index contributed by atoms with van der Waals surface area (Å²) in [6, 6.07) is 9.02. The molecule has 0 fully saturated rings. The highest BCUT2D eigenvalue weighted by atomic mass is 16.5. The molecule has 1 unspecified atom stereocenters. The minimum Gasteiger partial charge on any atom is -0.450 e. The van der Waals surface area contributed by atoms with Crippen molar-refractivity contribution in [2.45, 2.75) is 13.0 Å². The van der Waals surface area contributed by atoms with E-state index >= 15 is 0 Å². The Labute approximate surface area is 76.8 Å². The number of carbonyl (C=O) groups is 1. The second kappa shape index (κ2) is 3.05. The number of ether oxygens (including phenoxy) is 1. The summed E-state index contributed by atoms with van der Waals surface area (Å²) in [7, 11) is 0. The lowest BCUT2D eigenvalue weighted by Crippen LogP contribution is -2.08. The molecule has 2 heteroatoms. The summed E-state index contributed by atoms with van der Waals surface area (Å²) in [5.74, 6) is -0.251. The van der Waals surface area contributed by atoms with Gasteiger partial charge in [0.05, 0.1) is 5.56 Å². The molecule has 0 N–H and O–H groups in total. The van der Waals surface area contributed by atoms with Crippen molar-refractivity contribution in [2.75, 3.05) is 0 Å². The first-order valence-electron chi connectivity index (χ1n) is 4.22. The van der Waals surface area contributed by atoms with Gasteiger partial charge in [-0.3, -0.25) is 0 Å². The van der Waals surface area contributed by atoms with Crippen molar-refractivity contribution >= 4 is 5.97 Å². The van der Waals surface area contributed by atoms with Crippen LogP contribution in [0.1, 0.15) is 17.3 Å². The third-order valence-electron chi connectivity index (χ3n) is 2.00. The van der Waals surface area contributed by atoms with E-state index in [0.29, 0.717) is 5.56 Å². The van der Waals surface area contributed by atoms with Gasteiger partial charge in [-0.2, -0.15) is 0 Å². The molecule has 2 nitrogen and oxygen atoms in total. The van der Waals surface area contributed by atoms with Crippen molar-refractivity contribution in [1.82, 2.24) is 0 Å². The molecule has 0 saturated carbocycles. The highest BCUT2D eigenvalue weighted by molar-refractivity contribution is 5.89. The molecule has 1 aliphatic carbocycles. The Bertz CT molecular complexity index is 352. The van der Waals surface area contributed by atoms with Crippen molar-refractivity contribution in [3.63, 3.8) is 0 Å². The van der Waals surface area contributed by atoms with Gasteiger partial charge in [-0.15, -0.1) is 0 Å². The Morgan fingerprint density at radius 1 is 1.31 bits per heavy atom. The molecular weight excluding hydrogens is 164 g/mol. The molecule has 0 bridgehead atoms. The van der Waals surface area contributed by atoms with Crippen LogP contribution in [0.15, 0.2) is 42.0 Å². The van der Waals surface area contributed by atoms with Gasteiger partial charge in [0, 0.05) is 0 Å². The van der Waals surface area contributed by atoms with Crippen molar-refractivity contribution < 1.29 is 9.53 Å². The molecule has 0 radical (unpaired) electrons. The lowest BCUT2D eigenvalue weighted by molar-refractivity contribution is 0.0494. The molecule has 0 heterocycles. The van der Waals surface area contributed by atoms with Crippen LogP contribution in [0.25, 0.3) is 0 Å². The van der Waals surface area contributed by atoms with Crippen LogP contribution in [0, 0.1) is 0 Å². The van der Waals surface area contributed by atoms with Gasteiger partial charge in [-0.1, -0.05) is 18.2 Å². The fourth-order valence-corrected chi connectivity index (χ4v) is 1.08. The first-order chi connectivity index (χ1) is 6.27. The number of hydrogen-bond donors (Lipinski definition) is 0. The van der Waals surface area contributed by atoms with Gasteiger partial charge in [0.1, 0.15) is 6.10 Å². The van der Waals surface area contributed by atoms with Crippen LogP contribution in [0.5, 0.6) is 0 Å². The quantitative estimate of drug-likeness (QED) is 0.507. The third kappa shape index (κ3) is 1.78. The van der Waals surface area contributed by atoms with Gasteiger partial charge in [0.2, 0.25) is 0 Å². The molecule has 1 atom stereocenters. The lowest BCUT2D eigenvalue weighted by Gasteiger charge is -2.02. The van der Waals surface area contributed by atoms with E-state index in [0.717, 1.165) is 5.57 Å². The van der Waals surface area contributed by atoms with Crippen molar-refractivity contribution in [2.24, 2.45) is 0 Å². The van der Waals surface area contributed by atoms with Gasteiger partial charge in [0.15, 0.2) is 0 Å². The van der Waals surface area contributed by atoms with Crippen LogP contribution in [-0.4, -0.2) is 12.1 Å². The highest BCUT2D eigenvalue weighted by Gasteiger charge is 2.24. The Kier molecular flexibility index (Phi) is 1.89. The fraction of sp³-hybridized carbons (Fsp3) is 0.182. The molecule has 0 spiro atoms. The smallest absolute Gasteiger partial charge is 0.339 e. The van der Waals surface area contributed by atoms with Crippen LogP contribution < -0.4 is 0 Å². The standard InChI is InChI=1S/C11H10O2/c1-8-7-10(8)13-11(12)9-5-3-2-4-6-9/h2-7,10H,1H3. The first-order valence-corrected chi connectivity index (χ1v) is 4.22. The monoisotopic (exact) mass is 174 g/mol. The second-order valence-electron chi connectivity index (χ2n) is 3.10. The average molecular weight is 174 g/mol. The number of hydrogen-bond acceptors (Lipinski definition) is 2. The summed E-state index contributed by atoms with van der Waals surface area (Å²) in [4.78, 5) is 11.4. The SMILES string of the molecule is CC1=CC1OC(=O)c1ccccc1. The molecular formula is C11H10O2. The van der Waals surface area contributed by atoms with Gasteiger partial charge in [-0.05, 0) is 30.7 Å². The maximum absolute atomic E-state index is 11.4. The number of carbonyl (C=O) groups excluding carboxylic acids is 1. The largest absolute Gasteiger partial charge is 0.450 e. The maximum Gasteiger partial charge on any atom is 0.339 e. The minimum absolute atomic E-state index is 0.0484. The summed E-state index contributed by atoms with van der Waals surface area (Å²) >= 11 is 0. The third-order valence-corrected chi connectivity index (χ3v) is 2.00. The van der Waals surface area contributed by atoms with E-state index in [2.05, 4.69) is 0 Å². The zero-order valence-electron chi connectivity index (χ0n) is 7.36. The van der Waals surface area contributed by atoms with Crippen molar-refractivity contribution in [3.8, 4) is 0 Å². The molecule has 1 aromatic rings. The Balaban J connectivity index is 1.98. The zero-order valence-corrected chi connectivity index (χ0v) is 7.36. The summed E-state index contributed by atoms with van der Waals surface area (Å²) in [5, 5.41) is 0. The van der Waals surface area contributed by atoms with Crippen LogP contribution in [0.3, 0.4) is 0 Å². The molecule has 0 saturated heterocycles. The predicted octanol–water partition coefficient (Wildman–Crippen LogP) is 2.17. The van der Waals surface area contributed by atoms with Gasteiger partial charge in [-0.25, -0.2) is 4.79 Å². The van der Waals surface area contributed by atoms with E-state index < -0.39 is 0 Å². The summed E-state index contributed by atoms with van der Waals surface area (Å²) < 4.78 is 5.13. The van der Waals surface area contributed by atoms with E-state index in [1.54, 1.807) is 12.1 Å². The molecule has 13 heavy (non-hydrogen) atoms. The van der Waals surface area contributed by atoms with Crippen LogP contribution in [0.2, 0.25) is 0 Å². The number of esters is 1. The summed E-state index contributed by atoms with van der Waals surface area (Å²) in [6.45, 7) is 1.95. The van der Waals surface area contributed by atoms with Gasteiger partial charge in [0.25, 0.3) is 0 Å². The predicted molar refractivity (Wildman–Crippen MR) is 49.4 cm³/mol. The van der Waals surface area contributed by atoms with Crippen molar-refractivity contribution in [3.05, 3.63) is 47.5 Å². The molecule has 1 aliphatic rings. The van der Waals surface area contributed by atoms with E-state index in [9.17, 15) is 4.79 Å². The van der Waals surface area contributed by atoms with Crippen molar-refractivity contribution in [1.29, 1.82) is 0 Å².